The van der Waals surface area contributed by atoms with E-state index in [4.69, 9.17) is 0 Å². The summed E-state index contributed by atoms with van der Waals surface area (Å²) < 4.78 is 1.78. The van der Waals surface area contributed by atoms with Crippen molar-refractivity contribution < 1.29 is 4.79 Å². The van der Waals surface area contributed by atoms with Crippen molar-refractivity contribution >= 4 is 22.8 Å². The van der Waals surface area contributed by atoms with E-state index in [1.165, 1.54) is 12.8 Å². The van der Waals surface area contributed by atoms with E-state index in [1.54, 1.807) is 15.9 Å². The van der Waals surface area contributed by atoms with Crippen molar-refractivity contribution in [3.8, 4) is 10.4 Å². The number of thiophene rings is 1. The second-order valence-corrected chi connectivity index (χ2v) is 6.36. The van der Waals surface area contributed by atoms with Crippen LogP contribution in [0.3, 0.4) is 0 Å². The topological polar surface area (TPSA) is 46.4 Å². The lowest BCUT2D eigenvalue weighted by atomic mass is 10.1. The predicted octanol–water partition coefficient (Wildman–Crippen LogP) is 3.20. The second-order valence-electron chi connectivity index (χ2n) is 5.41. The van der Waals surface area contributed by atoms with Crippen LogP contribution in [-0.2, 0) is 0 Å². The Balaban J connectivity index is 1.73. The van der Waals surface area contributed by atoms with Gasteiger partial charge in [0.15, 0.2) is 0 Å². The minimum absolute atomic E-state index is 0.0877. The van der Waals surface area contributed by atoms with Crippen LogP contribution in [0, 0.1) is 5.92 Å². The van der Waals surface area contributed by atoms with Crippen molar-refractivity contribution in [1.29, 1.82) is 0 Å². The van der Waals surface area contributed by atoms with Crippen molar-refractivity contribution in [2.75, 3.05) is 6.54 Å². The molecule has 1 aliphatic carbocycles. The van der Waals surface area contributed by atoms with Gasteiger partial charge in [-0.1, -0.05) is 6.07 Å². The van der Waals surface area contributed by atoms with Crippen LogP contribution < -0.4 is 5.32 Å². The number of hydrogen-bond acceptors (Lipinski definition) is 3. The Morgan fingerprint density at radius 3 is 3.05 bits per heavy atom. The molecule has 4 rings (SSSR count). The van der Waals surface area contributed by atoms with Gasteiger partial charge in [-0.05, 0) is 48.4 Å². The third-order valence-corrected chi connectivity index (χ3v) is 4.67. The van der Waals surface area contributed by atoms with E-state index in [1.807, 2.05) is 35.8 Å². The van der Waals surface area contributed by atoms with E-state index in [2.05, 4.69) is 16.5 Å². The van der Waals surface area contributed by atoms with E-state index in [-0.39, 0.29) is 5.91 Å². The van der Waals surface area contributed by atoms with Crippen molar-refractivity contribution in [3.63, 3.8) is 0 Å². The molecule has 0 radical (unpaired) electrons. The maximum Gasteiger partial charge on any atom is 0.271 e. The van der Waals surface area contributed by atoms with Crippen LogP contribution in [0.25, 0.3) is 16.0 Å². The van der Waals surface area contributed by atoms with E-state index in [0.29, 0.717) is 11.6 Å². The Morgan fingerprint density at radius 1 is 1.38 bits per heavy atom. The molecule has 3 aromatic heterocycles. The molecule has 1 fully saturated rings. The van der Waals surface area contributed by atoms with Crippen LogP contribution >= 0.6 is 11.3 Å². The minimum atomic E-state index is -0.0877. The molecule has 1 N–H and O–H groups in total. The van der Waals surface area contributed by atoms with Crippen LogP contribution in [0.15, 0.2) is 41.9 Å². The summed E-state index contributed by atoms with van der Waals surface area (Å²) in [5.74, 6) is 0.580. The van der Waals surface area contributed by atoms with E-state index in [0.717, 1.165) is 22.5 Å². The van der Waals surface area contributed by atoms with E-state index < -0.39 is 0 Å². The first-order valence-electron chi connectivity index (χ1n) is 7.12. The summed E-state index contributed by atoms with van der Waals surface area (Å²) in [6, 6.07) is 9.95. The number of nitrogens with zero attached hydrogens (tertiary/aromatic N) is 2. The van der Waals surface area contributed by atoms with Gasteiger partial charge in [0.1, 0.15) is 5.69 Å². The fourth-order valence-corrected chi connectivity index (χ4v) is 3.17. The van der Waals surface area contributed by atoms with Gasteiger partial charge in [0.2, 0.25) is 0 Å². The standard InChI is InChI=1S/C16H15N3OS/c20-16(17-10-11-5-6-11)13-9-12(15-4-2-8-21-15)14-3-1-7-19(14)18-13/h1-4,7-9,11H,5-6,10H2,(H,17,20). The van der Waals surface area contributed by atoms with Crippen LogP contribution in [0.2, 0.25) is 0 Å². The minimum Gasteiger partial charge on any atom is -0.350 e. The number of nitrogens with one attached hydrogen (secondary N) is 1. The molecule has 0 spiro atoms. The molecule has 0 bridgehead atoms. The highest BCUT2D eigenvalue weighted by atomic mass is 32.1. The summed E-state index contributed by atoms with van der Waals surface area (Å²) in [7, 11) is 0. The molecule has 3 aromatic rings. The molecule has 0 atom stereocenters. The Morgan fingerprint density at radius 2 is 2.29 bits per heavy atom. The molecule has 1 amide bonds. The number of carbonyl (C=O) groups is 1. The third-order valence-electron chi connectivity index (χ3n) is 3.77. The Hall–Kier alpha value is -2.14. The summed E-state index contributed by atoms with van der Waals surface area (Å²) in [5, 5.41) is 9.44. The zero-order valence-electron chi connectivity index (χ0n) is 11.5. The van der Waals surface area contributed by atoms with Crippen LogP contribution in [0.5, 0.6) is 0 Å². The molecule has 106 valence electrons. The smallest absolute Gasteiger partial charge is 0.271 e. The van der Waals surface area contributed by atoms with Gasteiger partial charge >= 0.3 is 0 Å². The Bertz CT molecular complexity index is 787. The molecule has 21 heavy (non-hydrogen) atoms. The molecule has 1 saturated carbocycles. The third kappa shape index (κ3) is 2.45. The van der Waals surface area contributed by atoms with Crippen LogP contribution in [-0.4, -0.2) is 22.1 Å². The van der Waals surface area contributed by atoms with Crippen molar-refractivity contribution in [1.82, 2.24) is 14.9 Å². The van der Waals surface area contributed by atoms with Crippen LogP contribution in [0.1, 0.15) is 23.3 Å². The Kier molecular flexibility index (Phi) is 3.00. The average molecular weight is 297 g/mol. The van der Waals surface area contributed by atoms with E-state index >= 15 is 0 Å². The highest BCUT2D eigenvalue weighted by Gasteiger charge is 2.22. The molecule has 0 saturated heterocycles. The van der Waals surface area contributed by atoms with Crippen molar-refractivity contribution in [2.45, 2.75) is 12.8 Å². The molecule has 5 heteroatoms. The Labute approximate surface area is 126 Å². The molecule has 0 aromatic carbocycles. The first-order chi connectivity index (χ1) is 10.3. The van der Waals surface area contributed by atoms with Crippen LogP contribution in [0.4, 0.5) is 0 Å². The molecule has 0 aliphatic heterocycles. The molecule has 0 unspecified atom stereocenters. The fraction of sp³-hybridized carbons (Fsp3) is 0.250. The average Bonchev–Trinajstić information content (AvgIpc) is 2.99. The van der Waals surface area contributed by atoms with Gasteiger partial charge in [-0.15, -0.1) is 11.3 Å². The normalized spacial score (nSPS) is 14.5. The lowest BCUT2D eigenvalue weighted by Gasteiger charge is -2.07. The molecule has 4 nitrogen and oxygen atoms in total. The first-order valence-corrected chi connectivity index (χ1v) is 8.00. The first kappa shape index (κ1) is 12.6. The molecular weight excluding hydrogens is 282 g/mol. The van der Waals surface area contributed by atoms with Gasteiger partial charge in [-0.25, -0.2) is 4.52 Å². The van der Waals surface area contributed by atoms with Gasteiger partial charge < -0.3 is 5.32 Å². The maximum absolute atomic E-state index is 12.3. The largest absolute Gasteiger partial charge is 0.350 e. The molecule has 1 aliphatic rings. The predicted molar refractivity (Wildman–Crippen MR) is 83.6 cm³/mol. The monoisotopic (exact) mass is 297 g/mol. The zero-order chi connectivity index (χ0) is 14.2. The number of fused-ring (bicyclic) bond motifs is 1. The summed E-state index contributed by atoms with van der Waals surface area (Å²) in [6.45, 7) is 0.762. The number of aromatic nitrogens is 2. The number of amides is 1. The number of hydrogen-bond donors (Lipinski definition) is 1. The fourth-order valence-electron chi connectivity index (χ4n) is 2.42. The number of carbonyl (C=O) groups excluding carboxylic acids is 1. The second kappa shape index (κ2) is 5.00. The van der Waals surface area contributed by atoms with Gasteiger partial charge in [-0.3, -0.25) is 4.79 Å². The summed E-state index contributed by atoms with van der Waals surface area (Å²) in [4.78, 5) is 13.4. The zero-order valence-corrected chi connectivity index (χ0v) is 12.3. The number of rotatable bonds is 4. The van der Waals surface area contributed by atoms with Crippen molar-refractivity contribution in [3.05, 3.63) is 47.6 Å². The lowest BCUT2D eigenvalue weighted by Crippen LogP contribution is -2.27. The molecule has 3 heterocycles. The van der Waals surface area contributed by atoms with E-state index in [9.17, 15) is 4.79 Å². The van der Waals surface area contributed by atoms with Crippen molar-refractivity contribution in [2.24, 2.45) is 5.92 Å². The van der Waals surface area contributed by atoms with Gasteiger partial charge in [0.25, 0.3) is 5.91 Å². The van der Waals surface area contributed by atoms with Gasteiger partial charge in [-0.2, -0.15) is 5.10 Å². The van der Waals surface area contributed by atoms with Gasteiger partial charge in [0, 0.05) is 23.2 Å². The summed E-state index contributed by atoms with van der Waals surface area (Å²) in [5.41, 5.74) is 2.56. The summed E-state index contributed by atoms with van der Waals surface area (Å²) in [6.07, 6.45) is 4.33. The van der Waals surface area contributed by atoms with Gasteiger partial charge in [0.05, 0.1) is 5.52 Å². The highest BCUT2D eigenvalue weighted by molar-refractivity contribution is 7.13. The summed E-state index contributed by atoms with van der Waals surface area (Å²) >= 11 is 1.67. The quantitative estimate of drug-likeness (QED) is 0.804. The maximum atomic E-state index is 12.3. The lowest BCUT2D eigenvalue weighted by molar-refractivity contribution is 0.0945. The molecular formula is C16H15N3OS. The SMILES string of the molecule is O=C(NCC1CC1)c1cc(-c2cccs2)c2cccn2n1. The highest BCUT2D eigenvalue weighted by Crippen LogP contribution is 2.30.